The molecule has 0 bridgehead atoms. The molecule has 0 spiro atoms. The lowest BCUT2D eigenvalue weighted by Crippen LogP contribution is -2.06. The first-order chi connectivity index (χ1) is 14.0. The van der Waals surface area contributed by atoms with Crippen molar-refractivity contribution in [3.8, 4) is 11.5 Å². The molecule has 0 fully saturated rings. The van der Waals surface area contributed by atoms with Crippen molar-refractivity contribution in [2.24, 2.45) is 0 Å². The standard InChI is InChI=1S/C22H19ClFNO4/c1-28-21-9-7-14(22(26)27)10-19(21)25-12-15-4-2-3-5-20(15)29-13-16-6-8-17(24)11-18(16)23/h2-11,25H,12-13H2,1H3,(H,26,27). The Morgan fingerprint density at radius 3 is 2.59 bits per heavy atom. The van der Waals surface area contributed by atoms with Crippen molar-refractivity contribution in [3.63, 3.8) is 0 Å². The monoisotopic (exact) mass is 415 g/mol. The zero-order chi connectivity index (χ0) is 20.8. The van der Waals surface area contributed by atoms with Crippen LogP contribution in [0, 0.1) is 5.82 Å². The van der Waals surface area contributed by atoms with Crippen LogP contribution >= 0.6 is 11.6 Å². The number of anilines is 1. The SMILES string of the molecule is COc1ccc(C(=O)O)cc1NCc1ccccc1OCc1ccc(F)cc1Cl. The molecule has 0 saturated carbocycles. The Labute approximate surface area is 172 Å². The molecule has 3 aromatic rings. The number of rotatable bonds is 8. The molecule has 0 aliphatic carbocycles. The molecule has 5 nitrogen and oxygen atoms in total. The second kappa shape index (κ2) is 9.30. The zero-order valence-electron chi connectivity index (χ0n) is 15.6. The van der Waals surface area contributed by atoms with Crippen LogP contribution < -0.4 is 14.8 Å². The Kier molecular flexibility index (Phi) is 6.57. The second-order valence-corrected chi connectivity index (χ2v) is 6.61. The van der Waals surface area contributed by atoms with Crippen LogP contribution in [0.15, 0.2) is 60.7 Å². The van der Waals surface area contributed by atoms with Gasteiger partial charge < -0.3 is 19.9 Å². The summed E-state index contributed by atoms with van der Waals surface area (Å²) in [7, 11) is 1.52. The Morgan fingerprint density at radius 1 is 1.07 bits per heavy atom. The largest absolute Gasteiger partial charge is 0.495 e. The van der Waals surface area contributed by atoms with E-state index in [0.29, 0.717) is 34.3 Å². The average Bonchev–Trinajstić information content (AvgIpc) is 2.72. The Hall–Kier alpha value is -3.25. The number of carboxylic acid groups (broad SMARTS) is 1. The van der Waals surface area contributed by atoms with E-state index in [1.165, 1.54) is 31.4 Å². The van der Waals surface area contributed by atoms with E-state index in [-0.39, 0.29) is 12.2 Å². The van der Waals surface area contributed by atoms with Crippen LogP contribution in [0.2, 0.25) is 5.02 Å². The molecule has 2 N–H and O–H groups in total. The molecule has 3 aromatic carbocycles. The summed E-state index contributed by atoms with van der Waals surface area (Å²) in [5, 5.41) is 12.7. The molecule has 0 radical (unpaired) electrons. The van der Waals surface area contributed by atoms with Gasteiger partial charge in [-0.1, -0.05) is 35.9 Å². The number of methoxy groups -OCH3 is 1. The molecular formula is C22H19ClFNO4. The molecule has 0 amide bonds. The van der Waals surface area contributed by atoms with Crippen molar-refractivity contribution >= 4 is 23.3 Å². The molecule has 0 aromatic heterocycles. The fourth-order valence-corrected chi connectivity index (χ4v) is 2.98. The molecule has 29 heavy (non-hydrogen) atoms. The molecule has 3 rings (SSSR count). The highest BCUT2D eigenvalue weighted by molar-refractivity contribution is 6.31. The normalized spacial score (nSPS) is 10.4. The molecule has 0 aliphatic rings. The molecule has 0 saturated heterocycles. The van der Waals surface area contributed by atoms with Gasteiger partial charge in [-0.25, -0.2) is 9.18 Å². The Bertz CT molecular complexity index is 1030. The lowest BCUT2D eigenvalue weighted by molar-refractivity contribution is 0.0697. The number of carbonyl (C=O) groups is 1. The van der Waals surface area contributed by atoms with Crippen molar-refractivity contribution in [1.29, 1.82) is 0 Å². The fraction of sp³-hybridized carbons (Fsp3) is 0.136. The molecule has 0 aliphatic heterocycles. The number of nitrogens with one attached hydrogen (secondary N) is 1. The molecule has 0 heterocycles. The summed E-state index contributed by atoms with van der Waals surface area (Å²) in [4.78, 5) is 11.2. The van der Waals surface area contributed by atoms with Crippen LogP contribution in [-0.4, -0.2) is 18.2 Å². The average molecular weight is 416 g/mol. The maximum Gasteiger partial charge on any atom is 0.335 e. The Balaban J connectivity index is 1.74. The van der Waals surface area contributed by atoms with Crippen LogP contribution in [0.3, 0.4) is 0 Å². The first kappa shape index (κ1) is 20.5. The van der Waals surface area contributed by atoms with Gasteiger partial charge >= 0.3 is 5.97 Å². The summed E-state index contributed by atoms with van der Waals surface area (Å²) in [5.74, 6) is -0.253. The van der Waals surface area contributed by atoms with Gasteiger partial charge in [-0.2, -0.15) is 0 Å². The maximum absolute atomic E-state index is 13.2. The van der Waals surface area contributed by atoms with Gasteiger partial charge in [-0.05, 0) is 36.4 Å². The lowest BCUT2D eigenvalue weighted by Gasteiger charge is -2.15. The summed E-state index contributed by atoms with van der Waals surface area (Å²) in [5.41, 5.74) is 2.24. The second-order valence-electron chi connectivity index (χ2n) is 6.21. The van der Waals surface area contributed by atoms with E-state index in [2.05, 4.69) is 5.32 Å². The number of carboxylic acids is 1. The van der Waals surface area contributed by atoms with Gasteiger partial charge in [-0.3, -0.25) is 0 Å². The number of hydrogen-bond acceptors (Lipinski definition) is 4. The predicted octanol–water partition coefficient (Wildman–Crippen LogP) is 5.38. The zero-order valence-corrected chi connectivity index (χ0v) is 16.4. The van der Waals surface area contributed by atoms with E-state index in [9.17, 15) is 14.3 Å². The summed E-state index contributed by atoms with van der Waals surface area (Å²) in [6.45, 7) is 0.570. The number of benzene rings is 3. The molecule has 0 unspecified atom stereocenters. The van der Waals surface area contributed by atoms with Crippen molar-refractivity contribution in [2.75, 3.05) is 12.4 Å². The number of halogens is 2. The number of para-hydroxylation sites is 1. The predicted molar refractivity (Wildman–Crippen MR) is 109 cm³/mol. The maximum atomic E-state index is 13.2. The van der Waals surface area contributed by atoms with Crippen LogP contribution in [0.25, 0.3) is 0 Å². The lowest BCUT2D eigenvalue weighted by atomic mass is 10.1. The van der Waals surface area contributed by atoms with E-state index in [1.807, 2.05) is 24.3 Å². The minimum Gasteiger partial charge on any atom is -0.495 e. The highest BCUT2D eigenvalue weighted by Gasteiger charge is 2.11. The van der Waals surface area contributed by atoms with Crippen molar-refractivity contribution in [1.82, 2.24) is 0 Å². The molecular weight excluding hydrogens is 397 g/mol. The molecule has 0 atom stereocenters. The van der Waals surface area contributed by atoms with Gasteiger partial charge in [0.1, 0.15) is 23.9 Å². The van der Waals surface area contributed by atoms with Crippen LogP contribution in [0.5, 0.6) is 11.5 Å². The number of hydrogen-bond donors (Lipinski definition) is 2. The van der Waals surface area contributed by atoms with Crippen LogP contribution in [-0.2, 0) is 13.2 Å². The summed E-state index contributed by atoms with van der Waals surface area (Å²) in [6.07, 6.45) is 0. The summed E-state index contributed by atoms with van der Waals surface area (Å²) < 4.78 is 24.4. The summed E-state index contributed by atoms with van der Waals surface area (Å²) in [6, 6.07) is 16.2. The fourth-order valence-electron chi connectivity index (χ4n) is 2.75. The third kappa shape index (κ3) is 5.18. The van der Waals surface area contributed by atoms with E-state index >= 15 is 0 Å². The van der Waals surface area contributed by atoms with Gasteiger partial charge in [0.15, 0.2) is 0 Å². The highest BCUT2D eigenvalue weighted by Crippen LogP contribution is 2.28. The quantitative estimate of drug-likeness (QED) is 0.517. The van der Waals surface area contributed by atoms with Gasteiger partial charge in [0.25, 0.3) is 0 Å². The van der Waals surface area contributed by atoms with E-state index in [1.54, 1.807) is 12.1 Å². The van der Waals surface area contributed by atoms with Crippen molar-refractivity contribution < 1.29 is 23.8 Å². The third-order valence-corrected chi connectivity index (χ3v) is 4.64. The topological polar surface area (TPSA) is 67.8 Å². The van der Waals surface area contributed by atoms with Crippen LogP contribution in [0.1, 0.15) is 21.5 Å². The van der Waals surface area contributed by atoms with Gasteiger partial charge in [-0.15, -0.1) is 0 Å². The van der Waals surface area contributed by atoms with Crippen LogP contribution in [0.4, 0.5) is 10.1 Å². The molecule has 150 valence electrons. The van der Waals surface area contributed by atoms with Gasteiger partial charge in [0.2, 0.25) is 0 Å². The smallest absolute Gasteiger partial charge is 0.335 e. The van der Waals surface area contributed by atoms with Crippen molar-refractivity contribution in [3.05, 3.63) is 88.2 Å². The number of ether oxygens (including phenoxy) is 2. The van der Waals surface area contributed by atoms with Gasteiger partial charge in [0, 0.05) is 17.7 Å². The van der Waals surface area contributed by atoms with Gasteiger partial charge in [0.05, 0.1) is 23.4 Å². The minimum absolute atomic E-state index is 0.156. The first-order valence-corrected chi connectivity index (χ1v) is 9.15. The van der Waals surface area contributed by atoms with E-state index in [4.69, 9.17) is 21.1 Å². The Morgan fingerprint density at radius 2 is 1.86 bits per heavy atom. The molecule has 7 heteroatoms. The highest BCUT2D eigenvalue weighted by atomic mass is 35.5. The summed E-state index contributed by atoms with van der Waals surface area (Å²) >= 11 is 6.06. The third-order valence-electron chi connectivity index (χ3n) is 4.29. The van der Waals surface area contributed by atoms with E-state index in [0.717, 1.165) is 5.56 Å². The first-order valence-electron chi connectivity index (χ1n) is 8.77. The van der Waals surface area contributed by atoms with Crippen molar-refractivity contribution in [2.45, 2.75) is 13.2 Å². The van der Waals surface area contributed by atoms with E-state index < -0.39 is 11.8 Å². The number of aromatic carboxylic acids is 1. The minimum atomic E-state index is -1.02.